The Morgan fingerprint density at radius 1 is 0.571 bits per heavy atom. The van der Waals surface area contributed by atoms with Crippen LogP contribution in [-0.2, 0) is 19.5 Å². The van der Waals surface area contributed by atoms with Crippen molar-refractivity contribution >= 4 is 0 Å². The van der Waals surface area contributed by atoms with E-state index >= 15 is 0 Å². The molecule has 6 heteroatoms. The van der Waals surface area contributed by atoms with Gasteiger partial charge in [-0.25, -0.2) is 0 Å². The van der Waals surface area contributed by atoms with E-state index in [-0.39, 0.29) is 19.5 Å². The van der Waals surface area contributed by atoms with E-state index in [1.807, 2.05) is 0 Å². The minimum absolute atomic E-state index is 0. The third kappa shape index (κ3) is 14.9. The fourth-order valence-corrected chi connectivity index (χ4v) is 0.776. The van der Waals surface area contributed by atoms with E-state index in [2.05, 4.69) is 16.0 Å². The van der Waals surface area contributed by atoms with Crippen LogP contribution in [0.2, 0.25) is 0 Å². The Balaban J connectivity index is 0. The van der Waals surface area contributed by atoms with Gasteiger partial charge in [0.05, 0.1) is 0 Å². The van der Waals surface area contributed by atoms with Crippen LogP contribution >= 0.6 is 0 Å². The molecule has 0 fully saturated rings. The van der Waals surface area contributed by atoms with Gasteiger partial charge in [-0.15, -0.1) is 0 Å². The molecule has 0 heterocycles. The molecule has 5 nitrogen and oxygen atoms in total. The van der Waals surface area contributed by atoms with Crippen molar-refractivity contribution in [3.8, 4) is 0 Å². The second-order valence-corrected chi connectivity index (χ2v) is 2.51. The van der Waals surface area contributed by atoms with Gasteiger partial charge in [0, 0.05) is 0 Å². The Hall–Kier alpha value is 0.423. The average molecular weight is 250 g/mol. The minimum atomic E-state index is 0. The fraction of sp³-hybridized carbons (Fsp3) is 1.00. The Morgan fingerprint density at radius 2 is 0.857 bits per heavy atom. The van der Waals surface area contributed by atoms with Gasteiger partial charge in [0.2, 0.25) is 0 Å². The van der Waals surface area contributed by atoms with Gasteiger partial charge < -0.3 is 27.4 Å². The fourth-order valence-electron chi connectivity index (χ4n) is 0.776. The van der Waals surface area contributed by atoms with Gasteiger partial charge in [0.25, 0.3) is 0 Å². The smallest absolute Gasteiger partial charge is 0.679 e. The first-order valence-corrected chi connectivity index (χ1v) is 4.60. The molecule has 0 aliphatic rings. The SMILES string of the molecule is [NH-]CC[N-]CC[N-]CC[N-]CC[NH-].[Zn+2]. The summed E-state index contributed by atoms with van der Waals surface area (Å²) in [5.74, 6) is 0. The second kappa shape index (κ2) is 15.9. The van der Waals surface area contributed by atoms with Gasteiger partial charge >= 0.3 is 19.5 Å². The van der Waals surface area contributed by atoms with E-state index in [0.29, 0.717) is 26.2 Å². The van der Waals surface area contributed by atoms with Crippen LogP contribution in [0, 0.1) is 0 Å². The van der Waals surface area contributed by atoms with Crippen LogP contribution in [0.4, 0.5) is 0 Å². The van der Waals surface area contributed by atoms with Crippen LogP contribution < -0.4 is 0 Å². The third-order valence-electron chi connectivity index (χ3n) is 1.37. The number of hydrogen-bond acceptors (Lipinski definition) is 0. The van der Waals surface area contributed by atoms with Crippen LogP contribution in [0.1, 0.15) is 0 Å². The molecule has 0 bridgehead atoms. The molecule has 0 aliphatic heterocycles. The Bertz CT molecular complexity index is 83.8. The molecular formula is C8H18N5Zn-3. The van der Waals surface area contributed by atoms with Crippen LogP contribution in [0.3, 0.4) is 0 Å². The number of nitrogens with one attached hydrogen (secondary N) is 2. The second-order valence-electron chi connectivity index (χ2n) is 2.51. The van der Waals surface area contributed by atoms with Crippen LogP contribution in [0.5, 0.6) is 0 Å². The zero-order valence-corrected chi connectivity index (χ0v) is 11.7. The van der Waals surface area contributed by atoms with Gasteiger partial charge in [-0.2, -0.15) is 52.4 Å². The molecule has 0 atom stereocenters. The summed E-state index contributed by atoms with van der Waals surface area (Å²) in [6, 6.07) is 0. The van der Waals surface area contributed by atoms with Crippen LogP contribution in [-0.4, -0.2) is 52.4 Å². The van der Waals surface area contributed by atoms with E-state index in [9.17, 15) is 0 Å². The predicted octanol–water partition coefficient (Wildman–Crippen LogP) is 2.21. The molecule has 0 saturated heterocycles. The predicted molar refractivity (Wildman–Crippen MR) is 57.7 cm³/mol. The molecule has 0 aromatic rings. The van der Waals surface area contributed by atoms with Gasteiger partial charge in [0.1, 0.15) is 0 Å². The van der Waals surface area contributed by atoms with Crippen molar-refractivity contribution in [3.63, 3.8) is 0 Å². The van der Waals surface area contributed by atoms with Crippen molar-refractivity contribution in [1.82, 2.24) is 0 Å². The summed E-state index contributed by atoms with van der Waals surface area (Å²) < 4.78 is 0. The summed E-state index contributed by atoms with van der Waals surface area (Å²) in [5, 5.41) is 12.4. The molecule has 14 heavy (non-hydrogen) atoms. The summed E-state index contributed by atoms with van der Waals surface area (Å²) in [4.78, 5) is 0. The van der Waals surface area contributed by atoms with Gasteiger partial charge in [0.15, 0.2) is 0 Å². The standard InChI is InChI=1S/C8H18N5.Zn/c9-1-3-11-5-7-13-8-6-12-4-2-10;/h9-10H,1-8H2;/q-5;+2. The number of rotatable bonds is 10. The third-order valence-corrected chi connectivity index (χ3v) is 1.37. The van der Waals surface area contributed by atoms with Crippen molar-refractivity contribution in [2.45, 2.75) is 0 Å². The van der Waals surface area contributed by atoms with Gasteiger partial charge in [-0.3, -0.25) is 0 Å². The molecular weight excluding hydrogens is 232 g/mol. The average Bonchev–Trinajstić information content (AvgIpc) is 2.16. The maximum Gasteiger partial charge on any atom is 2.00 e. The minimum Gasteiger partial charge on any atom is -0.679 e. The quantitative estimate of drug-likeness (QED) is 0.420. The first-order valence-electron chi connectivity index (χ1n) is 4.60. The van der Waals surface area contributed by atoms with Crippen LogP contribution in [0.15, 0.2) is 0 Å². The normalized spacial score (nSPS) is 9.86. The van der Waals surface area contributed by atoms with E-state index in [1.165, 1.54) is 0 Å². The molecule has 0 spiro atoms. The summed E-state index contributed by atoms with van der Waals surface area (Å²) in [5.41, 5.74) is 13.7. The van der Waals surface area contributed by atoms with Crippen molar-refractivity contribution in [2.75, 3.05) is 52.4 Å². The Morgan fingerprint density at radius 3 is 1.14 bits per heavy atom. The molecule has 0 aromatic carbocycles. The maximum atomic E-state index is 6.84. The zero-order chi connectivity index (χ0) is 9.78. The van der Waals surface area contributed by atoms with Crippen LogP contribution in [0.25, 0.3) is 27.4 Å². The molecule has 0 aromatic heterocycles. The molecule has 0 aliphatic carbocycles. The molecule has 0 radical (unpaired) electrons. The Labute approximate surface area is 99.5 Å². The van der Waals surface area contributed by atoms with E-state index < -0.39 is 0 Å². The van der Waals surface area contributed by atoms with Crippen molar-refractivity contribution < 1.29 is 19.5 Å². The van der Waals surface area contributed by atoms with E-state index in [1.54, 1.807) is 0 Å². The molecule has 0 amide bonds. The van der Waals surface area contributed by atoms with E-state index in [4.69, 9.17) is 11.5 Å². The molecule has 2 N–H and O–H groups in total. The topological polar surface area (TPSA) is 89.9 Å². The number of nitrogens with zero attached hydrogens (tertiary/aromatic N) is 3. The first-order chi connectivity index (χ1) is 6.41. The zero-order valence-electron chi connectivity index (χ0n) is 8.71. The molecule has 0 rings (SSSR count). The first kappa shape index (κ1) is 16.8. The van der Waals surface area contributed by atoms with Crippen molar-refractivity contribution in [3.05, 3.63) is 27.4 Å². The van der Waals surface area contributed by atoms with Crippen molar-refractivity contribution in [1.29, 1.82) is 0 Å². The molecule has 0 unspecified atom stereocenters. The van der Waals surface area contributed by atoms with E-state index in [0.717, 1.165) is 26.2 Å². The van der Waals surface area contributed by atoms with Crippen molar-refractivity contribution in [2.24, 2.45) is 0 Å². The summed E-state index contributed by atoms with van der Waals surface area (Å²) in [6.45, 7) is 4.95. The largest absolute Gasteiger partial charge is 2.00 e. The molecule has 0 saturated carbocycles. The summed E-state index contributed by atoms with van der Waals surface area (Å²) in [6.07, 6.45) is 0. The number of hydrogen-bond donors (Lipinski definition) is 0. The molecule has 80 valence electrons. The van der Waals surface area contributed by atoms with Gasteiger partial charge in [-0.05, 0) is 0 Å². The maximum absolute atomic E-state index is 6.84. The summed E-state index contributed by atoms with van der Waals surface area (Å²) >= 11 is 0. The Kier molecular flexibility index (Phi) is 19.1. The summed E-state index contributed by atoms with van der Waals surface area (Å²) in [7, 11) is 0. The monoisotopic (exact) mass is 248 g/mol. The van der Waals surface area contributed by atoms with Gasteiger partial charge in [-0.1, -0.05) is 0 Å².